The highest BCUT2D eigenvalue weighted by atomic mass is 32.2. The summed E-state index contributed by atoms with van der Waals surface area (Å²) in [6, 6.07) is 0.146. The zero-order chi connectivity index (χ0) is 14.1. The van der Waals surface area contributed by atoms with E-state index in [0.29, 0.717) is 18.0 Å². The number of nitrogens with zero attached hydrogens (tertiary/aromatic N) is 1. The van der Waals surface area contributed by atoms with Crippen LogP contribution in [0.2, 0.25) is 0 Å². The predicted octanol–water partition coefficient (Wildman–Crippen LogP) is 0.477. The Kier molecular flexibility index (Phi) is 4.38. The molecule has 1 fully saturated rings. The minimum Gasteiger partial charge on any atom is -0.393 e. The highest BCUT2D eigenvalue weighted by Gasteiger charge is 2.45. The molecule has 0 heterocycles. The SMILES string of the molecule is CC(C)(C(=O)N(CCC(N)=S)C1CC1)S(C)(=O)=O. The molecule has 0 aromatic rings. The zero-order valence-electron chi connectivity index (χ0n) is 11.0. The molecular formula is C11H20N2O3S2. The van der Waals surface area contributed by atoms with Crippen LogP contribution in [0.5, 0.6) is 0 Å². The number of thiocarbonyl (C=S) groups is 1. The monoisotopic (exact) mass is 292 g/mol. The maximum atomic E-state index is 12.4. The third-order valence-corrected chi connectivity index (χ3v) is 5.52. The molecular weight excluding hydrogens is 272 g/mol. The number of hydrogen-bond donors (Lipinski definition) is 1. The first-order chi connectivity index (χ1) is 8.07. The number of sulfone groups is 1. The van der Waals surface area contributed by atoms with Gasteiger partial charge in [-0.2, -0.15) is 0 Å². The van der Waals surface area contributed by atoms with Gasteiger partial charge in [-0.3, -0.25) is 4.79 Å². The highest BCUT2D eigenvalue weighted by Crippen LogP contribution is 2.30. The molecule has 5 nitrogen and oxygen atoms in total. The Morgan fingerprint density at radius 3 is 2.28 bits per heavy atom. The average Bonchev–Trinajstić information content (AvgIpc) is 2.99. The summed E-state index contributed by atoms with van der Waals surface area (Å²) in [5.41, 5.74) is 5.43. The quantitative estimate of drug-likeness (QED) is 0.720. The third kappa shape index (κ3) is 3.41. The van der Waals surface area contributed by atoms with Gasteiger partial charge in [0.15, 0.2) is 9.84 Å². The van der Waals surface area contributed by atoms with Crippen molar-refractivity contribution in [2.24, 2.45) is 5.73 Å². The molecule has 1 amide bonds. The molecule has 0 aromatic carbocycles. The van der Waals surface area contributed by atoms with Gasteiger partial charge in [0.1, 0.15) is 4.75 Å². The maximum absolute atomic E-state index is 12.4. The smallest absolute Gasteiger partial charge is 0.243 e. The van der Waals surface area contributed by atoms with E-state index in [2.05, 4.69) is 0 Å². The fourth-order valence-corrected chi connectivity index (χ4v) is 2.10. The summed E-state index contributed by atoms with van der Waals surface area (Å²) in [4.78, 5) is 14.3. The van der Waals surface area contributed by atoms with E-state index >= 15 is 0 Å². The average molecular weight is 292 g/mol. The lowest BCUT2D eigenvalue weighted by atomic mass is 10.1. The highest BCUT2D eigenvalue weighted by molar-refractivity contribution is 7.92. The zero-order valence-corrected chi connectivity index (χ0v) is 12.6. The predicted molar refractivity (Wildman–Crippen MR) is 75.1 cm³/mol. The van der Waals surface area contributed by atoms with Crippen LogP contribution >= 0.6 is 12.2 Å². The van der Waals surface area contributed by atoms with Gasteiger partial charge < -0.3 is 10.6 Å². The van der Waals surface area contributed by atoms with Crippen LogP contribution in [0.1, 0.15) is 33.1 Å². The second-order valence-corrected chi connectivity index (χ2v) is 8.32. The Hall–Kier alpha value is -0.690. The minimum atomic E-state index is -3.45. The van der Waals surface area contributed by atoms with Crippen LogP contribution in [-0.4, -0.2) is 47.8 Å². The molecule has 1 rings (SSSR count). The first-order valence-electron chi connectivity index (χ1n) is 5.86. The van der Waals surface area contributed by atoms with Crippen LogP contribution in [-0.2, 0) is 14.6 Å². The Bertz CT molecular complexity index is 453. The Morgan fingerprint density at radius 2 is 1.94 bits per heavy atom. The lowest BCUT2D eigenvalue weighted by Crippen LogP contribution is -2.51. The molecule has 1 aliphatic rings. The van der Waals surface area contributed by atoms with Crippen LogP contribution < -0.4 is 5.73 Å². The Morgan fingerprint density at radius 1 is 1.44 bits per heavy atom. The summed E-state index contributed by atoms with van der Waals surface area (Å²) >= 11 is 4.80. The van der Waals surface area contributed by atoms with E-state index in [1.54, 1.807) is 4.90 Å². The maximum Gasteiger partial charge on any atom is 0.243 e. The van der Waals surface area contributed by atoms with Gasteiger partial charge in [-0.05, 0) is 26.7 Å². The molecule has 2 N–H and O–H groups in total. The van der Waals surface area contributed by atoms with Crippen molar-refractivity contribution in [3.63, 3.8) is 0 Å². The van der Waals surface area contributed by atoms with Crippen LogP contribution in [0.25, 0.3) is 0 Å². The van der Waals surface area contributed by atoms with Crippen LogP contribution in [0.15, 0.2) is 0 Å². The molecule has 0 bridgehead atoms. The van der Waals surface area contributed by atoms with Crippen molar-refractivity contribution < 1.29 is 13.2 Å². The number of rotatable bonds is 6. The second-order valence-electron chi connectivity index (χ2n) is 5.23. The molecule has 0 aliphatic heterocycles. The van der Waals surface area contributed by atoms with Crippen LogP contribution in [0.4, 0.5) is 0 Å². The van der Waals surface area contributed by atoms with Gasteiger partial charge in [-0.25, -0.2) is 8.42 Å². The van der Waals surface area contributed by atoms with E-state index < -0.39 is 14.6 Å². The summed E-state index contributed by atoms with van der Waals surface area (Å²) in [6.07, 6.45) is 3.35. The molecule has 0 spiro atoms. The number of carbonyl (C=O) groups excluding carboxylic acids is 1. The molecule has 1 saturated carbocycles. The Balaban J connectivity index is 2.86. The largest absolute Gasteiger partial charge is 0.393 e. The number of amides is 1. The van der Waals surface area contributed by atoms with Gasteiger partial charge in [0.2, 0.25) is 5.91 Å². The van der Waals surface area contributed by atoms with Gasteiger partial charge in [-0.15, -0.1) is 0 Å². The van der Waals surface area contributed by atoms with Crippen molar-refractivity contribution in [1.82, 2.24) is 4.90 Å². The molecule has 0 radical (unpaired) electrons. The van der Waals surface area contributed by atoms with Crippen molar-refractivity contribution >= 4 is 33.0 Å². The van der Waals surface area contributed by atoms with E-state index in [-0.39, 0.29) is 11.9 Å². The van der Waals surface area contributed by atoms with Gasteiger partial charge in [0, 0.05) is 25.3 Å². The molecule has 1 aliphatic carbocycles. The molecule has 0 unspecified atom stereocenters. The van der Waals surface area contributed by atoms with E-state index in [1.165, 1.54) is 13.8 Å². The number of nitrogens with two attached hydrogens (primary N) is 1. The fraction of sp³-hybridized carbons (Fsp3) is 0.818. The molecule has 0 aromatic heterocycles. The molecule has 104 valence electrons. The minimum absolute atomic E-state index is 0.146. The van der Waals surface area contributed by atoms with Crippen LogP contribution in [0, 0.1) is 0 Å². The van der Waals surface area contributed by atoms with Crippen LogP contribution in [0.3, 0.4) is 0 Å². The summed E-state index contributed by atoms with van der Waals surface area (Å²) in [6.45, 7) is 3.29. The van der Waals surface area contributed by atoms with E-state index in [9.17, 15) is 13.2 Å². The summed E-state index contributed by atoms with van der Waals surface area (Å²) in [5, 5.41) is 0. The van der Waals surface area contributed by atoms with E-state index in [0.717, 1.165) is 19.1 Å². The molecule has 7 heteroatoms. The first kappa shape index (κ1) is 15.4. The third-order valence-electron chi connectivity index (χ3n) is 3.29. The molecule has 0 saturated heterocycles. The topological polar surface area (TPSA) is 80.5 Å². The fourth-order valence-electron chi connectivity index (χ4n) is 1.57. The van der Waals surface area contributed by atoms with Crippen molar-refractivity contribution in [3.8, 4) is 0 Å². The summed E-state index contributed by atoms with van der Waals surface area (Å²) in [7, 11) is -3.45. The lowest BCUT2D eigenvalue weighted by Gasteiger charge is -2.30. The molecule has 0 atom stereocenters. The number of carbonyl (C=O) groups is 1. The van der Waals surface area contributed by atoms with Crippen molar-refractivity contribution in [1.29, 1.82) is 0 Å². The number of hydrogen-bond acceptors (Lipinski definition) is 4. The standard InChI is InChI=1S/C11H20N2O3S2/c1-11(2,18(3,15)16)10(14)13(8-4-5-8)7-6-9(12)17/h8H,4-7H2,1-3H3,(H2,12,17). The van der Waals surface area contributed by atoms with Crippen molar-refractivity contribution in [2.45, 2.75) is 43.9 Å². The van der Waals surface area contributed by atoms with Crippen molar-refractivity contribution in [2.75, 3.05) is 12.8 Å². The van der Waals surface area contributed by atoms with E-state index in [1.807, 2.05) is 0 Å². The van der Waals surface area contributed by atoms with E-state index in [4.69, 9.17) is 18.0 Å². The lowest BCUT2D eigenvalue weighted by molar-refractivity contribution is -0.133. The Labute approximate surface area is 114 Å². The second kappa shape index (κ2) is 5.13. The normalized spacial score (nSPS) is 16.4. The first-order valence-corrected chi connectivity index (χ1v) is 8.16. The molecule has 18 heavy (non-hydrogen) atoms. The summed E-state index contributed by atoms with van der Waals surface area (Å²) < 4.78 is 22.0. The van der Waals surface area contributed by atoms with Gasteiger partial charge in [0.05, 0.1) is 4.99 Å². The van der Waals surface area contributed by atoms with Gasteiger partial charge in [0.25, 0.3) is 0 Å². The summed E-state index contributed by atoms with van der Waals surface area (Å²) in [5.74, 6) is -0.358. The van der Waals surface area contributed by atoms with Crippen molar-refractivity contribution in [3.05, 3.63) is 0 Å². The van der Waals surface area contributed by atoms with Gasteiger partial charge >= 0.3 is 0 Å². The van der Waals surface area contributed by atoms with Gasteiger partial charge in [-0.1, -0.05) is 12.2 Å².